The summed E-state index contributed by atoms with van der Waals surface area (Å²) in [4.78, 5) is 1.29. The van der Waals surface area contributed by atoms with E-state index in [2.05, 4.69) is 98.8 Å². The van der Waals surface area contributed by atoms with Crippen LogP contribution >= 0.6 is 11.8 Å². The number of hydrogen-bond acceptors (Lipinski definition) is 1. The first-order chi connectivity index (χ1) is 10.7. The number of benzene rings is 3. The van der Waals surface area contributed by atoms with Gasteiger partial charge in [0.05, 0.1) is 4.75 Å². The van der Waals surface area contributed by atoms with E-state index in [1.54, 1.807) is 0 Å². The first-order valence-electron chi connectivity index (χ1n) is 7.55. The molecule has 0 heterocycles. The van der Waals surface area contributed by atoms with E-state index < -0.39 is 0 Å². The lowest BCUT2D eigenvalue weighted by molar-refractivity contribution is 0.838. The highest BCUT2D eigenvalue weighted by atomic mass is 32.2. The van der Waals surface area contributed by atoms with E-state index >= 15 is 0 Å². The van der Waals surface area contributed by atoms with E-state index in [-0.39, 0.29) is 4.75 Å². The maximum absolute atomic E-state index is 2.31. The van der Waals surface area contributed by atoms with Gasteiger partial charge in [-0.05, 0) is 37.1 Å². The van der Waals surface area contributed by atoms with Crippen molar-refractivity contribution >= 4 is 11.8 Å². The van der Waals surface area contributed by atoms with E-state index in [1.165, 1.54) is 21.6 Å². The summed E-state index contributed by atoms with van der Waals surface area (Å²) in [5.41, 5.74) is 3.95. The molecule has 22 heavy (non-hydrogen) atoms. The minimum atomic E-state index is -0.0994. The van der Waals surface area contributed by atoms with E-state index in [0.717, 1.165) is 0 Å². The van der Waals surface area contributed by atoms with Crippen LogP contribution in [0.15, 0.2) is 89.8 Å². The quantitative estimate of drug-likeness (QED) is 0.529. The molecule has 0 atom stereocenters. The predicted octanol–water partition coefficient (Wildman–Crippen LogP) is 6.05. The average Bonchev–Trinajstić information content (AvgIpc) is 2.58. The molecule has 0 unspecified atom stereocenters. The molecule has 0 nitrogen and oxygen atoms in total. The molecule has 0 fully saturated rings. The van der Waals surface area contributed by atoms with Gasteiger partial charge in [-0.2, -0.15) is 0 Å². The van der Waals surface area contributed by atoms with Crippen molar-refractivity contribution in [2.75, 3.05) is 0 Å². The molecule has 0 aliphatic carbocycles. The van der Waals surface area contributed by atoms with Gasteiger partial charge in [0.1, 0.15) is 0 Å². The standard InChI is InChI=1S/C21H20S/c1-17-13-15-20(16-14-17)22-21(2,18-9-5-3-6-10-18)19-11-7-4-8-12-19/h3-16H,1-2H3. The van der Waals surface area contributed by atoms with E-state index in [9.17, 15) is 0 Å². The minimum Gasteiger partial charge on any atom is -0.110 e. The van der Waals surface area contributed by atoms with Crippen LogP contribution in [0.3, 0.4) is 0 Å². The monoisotopic (exact) mass is 304 g/mol. The summed E-state index contributed by atoms with van der Waals surface area (Å²) >= 11 is 1.91. The molecule has 3 aromatic rings. The Kier molecular flexibility index (Phi) is 4.35. The molecular weight excluding hydrogens is 284 g/mol. The van der Waals surface area contributed by atoms with Crippen molar-refractivity contribution in [3.63, 3.8) is 0 Å². The van der Waals surface area contributed by atoms with Gasteiger partial charge in [0.2, 0.25) is 0 Å². The Hall–Kier alpha value is -1.99. The van der Waals surface area contributed by atoms with Gasteiger partial charge in [0.25, 0.3) is 0 Å². The van der Waals surface area contributed by atoms with Gasteiger partial charge < -0.3 is 0 Å². The topological polar surface area (TPSA) is 0 Å². The van der Waals surface area contributed by atoms with Gasteiger partial charge in [0, 0.05) is 4.90 Å². The Morgan fingerprint density at radius 3 is 1.55 bits per heavy atom. The molecular formula is C21H20S. The van der Waals surface area contributed by atoms with Crippen molar-refractivity contribution in [1.82, 2.24) is 0 Å². The Labute approximate surface area is 137 Å². The average molecular weight is 304 g/mol. The highest BCUT2D eigenvalue weighted by molar-refractivity contribution is 8.00. The van der Waals surface area contributed by atoms with Gasteiger partial charge >= 0.3 is 0 Å². The zero-order valence-corrected chi connectivity index (χ0v) is 13.8. The second-order valence-corrected chi connectivity index (χ2v) is 7.17. The van der Waals surface area contributed by atoms with Crippen LogP contribution in [0.5, 0.6) is 0 Å². The molecule has 3 aromatic carbocycles. The third-order valence-corrected chi connectivity index (χ3v) is 5.38. The predicted molar refractivity (Wildman–Crippen MR) is 96.4 cm³/mol. The van der Waals surface area contributed by atoms with Crippen LogP contribution in [0, 0.1) is 6.92 Å². The lowest BCUT2D eigenvalue weighted by Crippen LogP contribution is -2.19. The summed E-state index contributed by atoms with van der Waals surface area (Å²) in [5.74, 6) is 0. The van der Waals surface area contributed by atoms with Crippen molar-refractivity contribution < 1.29 is 0 Å². The van der Waals surface area contributed by atoms with Gasteiger partial charge in [-0.3, -0.25) is 0 Å². The molecule has 3 rings (SSSR count). The first-order valence-corrected chi connectivity index (χ1v) is 8.37. The van der Waals surface area contributed by atoms with Crippen molar-refractivity contribution in [1.29, 1.82) is 0 Å². The molecule has 0 radical (unpaired) electrons. The van der Waals surface area contributed by atoms with Crippen molar-refractivity contribution in [3.8, 4) is 0 Å². The molecule has 0 aliphatic heterocycles. The Balaban J connectivity index is 2.05. The normalized spacial score (nSPS) is 11.4. The maximum atomic E-state index is 2.31. The van der Waals surface area contributed by atoms with Gasteiger partial charge in [-0.1, -0.05) is 78.4 Å². The lowest BCUT2D eigenvalue weighted by atomic mass is 9.92. The van der Waals surface area contributed by atoms with E-state index in [0.29, 0.717) is 0 Å². The fourth-order valence-electron chi connectivity index (χ4n) is 2.64. The second-order valence-electron chi connectivity index (χ2n) is 5.68. The fraction of sp³-hybridized carbons (Fsp3) is 0.143. The van der Waals surface area contributed by atoms with Gasteiger partial charge in [0.15, 0.2) is 0 Å². The van der Waals surface area contributed by atoms with Crippen LogP contribution in [0.4, 0.5) is 0 Å². The maximum Gasteiger partial charge on any atom is 0.0675 e. The Morgan fingerprint density at radius 1 is 0.636 bits per heavy atom. The van der Waals surface area contributed by atoms with Crippen molar-refractivity contribution in [2.45, 2.75) is 23.5 Å². The van der Waals surface area contributed by atoms with Crippen LogP contribution in [-0.4, -0.2) is 0 Å². The van der Waals surface area contributed by atoms with Crippen molar-refractivity contribution in [2.24, 2.45) is 0 Å². The summed E-state index contributed by atoms with van der Waals surface area (Å²) in [5, 5.41) is 0. The Bertz CT molecular complexity index is 675. The third kappa shape index (κ3) is 3.10. The summed E-state index contributed by atoms with van der Waals surface area (Å²) in [7, 11) is 0. The summed E-state index contributed by atoms with van der Waals surface area (Å²) < 4.78 is -0.0994. The molecule has 0 spiro atoms. The minimum absolute atomic E-state index is 0.0994. The zero-order valence-electron chi connectivity index (χ0n) is 13.0. The summed E-state index contributed by atoms with van der Waals surface area (Å²) in [6, 6.07) is 30.3. The van der Waals surface area contributed by atoms with E-state index in [1.807, 2.05) is 11.8 Å². The van der Waals surface area contributed by atoms with Crippen LogP contribution in [0.1, 0.15) is 23.6 Å². The summed E-state index contributed by atoms with van der Waals surface area (Å²) in [6.07, 6.45) is 0. The number of thioether (sulfide) groups is 1. The summed E-state index contributed by atoms with van der Waals surface area (Å²) in [6.45, 7) is 4.43. The molecule has 0 aliphatic rings. The van der Waals surface area contributed by atoms with E-state index in [4.69, 9.17) is 0 Å². The largest absolute Gasteiger partial charge is 0.110 e. The molecule has 0 amide bonds. The fourth-order valence-corrected chi connectivity index (χ4v) is 3.89. The van der Waals surface area contributed by atoms with Gasteiger partial charge in [-0.25, -0.2) is 0 Å². The molecule has 0 N–H and O–H groups in total. The molecule has 0 bridgehead atoms. The van der Waals surface area contributed by atoms with Gasteiger partial charge in [-0.15, -0.1) is 11.8 Å². The molecule has 0 aromatic heterocycles. The molecule has 0 saturated carbocycles. The zero-order chi connectivity index (χ0) is 15.4. The molecule has 1 heteroatoms. The highest BCUT2D eigenvalue weighted by Crippen LogP contribution is 2.46. The lowest BCUT2D eigenvalue weighted by Gasteiger charge is -2.30. The molecule has 0 saturated heterocycles. The number of aryl methyl sites for hydroxylation is 1. The van der Waals surface area contributed by atoms with Crippen molar-refractivity contribution in [3.05, 3.63) is 102 Å². The SMILES string of the molecule is Cc1ccc(SC(C)(c2ccccc2)c2ccccc2)cc1. The smallest absolute Gasteiger partial charge is 0.0675 e. The molecule has 110 valence electrons. The second kappa shape index (κ2) is 6.41. The number of hydrogen-bond donors (Lipinski definition) is 0. The van der Waals surface area contributed by atoms with Crippen LogP contribution < -0.4 is 0 Å². The Morgan fingerprint density at radius 2 is 1.09 bits per heavy atom. The third-order valence-electron chi connectivity index (χ3n) is 3.99. The first kappa shape index (κ1) is 14.9. The number of rotatable bonds is 4. The van der Waals surface area contributed by atoms with Crippen LogP contribution in [-0.2, 0) is 4.75 Å². The highest BCUT2D eigenvalue weighted by Gasteiger charge is 2.29. The van der Waals surface area contributed by atoms with Crippen LogP contribution in [0.25, 0.3) is 0 Å². The van der Waals surface area contributed by atoms with Crippen LogP contribution in [0.2, 0.25) is 0 Å².